The van der Waals surface area contributed by atoms with Crippen LogP contribution in [-0.4, -0.2) is 22.0 Å². The van der Waals surface area contributed by atoms with Gasteiger partial charge in [-0.3, -0.25) is 4.79 Å². The van der Waals surface area contributed by atoms with Crippen LogP contribution in [0.3, 0.4) is 0 Å². The summed E-state index contributed by atoms with van der Waals surface area (Å²) in [7, 11) is 0. The van der Waals surface area contributed by atoms with Crippen LogP contribution in [0, 0.1) is 5.92 Å². The maximum atomic E-state index is 11.9. The number of carbonyl (C=O) groups excluding carboxylic acids is 1. The van der Waals surface area contributed by atoms with Crippen molar-refractivity contribution in [1.82, 2.24) is 9.55 Å². The van der Waals surface area contributed by atoms with E-state index >= 15 is 0 Å². The number of amides is 1. The smallest absolute Gasteiger partial charge is 0.224 e. The number of nitrogens with zero attached hydrogens (tertiary/aromatic N) is 2. The Hall–Kier alpha value is -2.14. The van der Waals surface area contributed by atoms with Crippen LogP contribution in [0.25, 0.3) is 5.69 Å². The van der Waals surface area contributed by atoms with Crippen molar-refractivity contribution in [1.29, 1.82) is 0 Å². The molecule has 1 amide bonds. The number of nitrogens with two attached hydrogens (primary N) is 1. The second kappa shape index (κ2) is 6.15. The van der Waals surface area contributed by atoms with Crippen LogP contribution in [0.4, 0.5) is 5.69 Å². The first-order chi connectivity index (χ1) is 9.20. The molecule has 0 aliphatic heterocycles. The number of para-hydroxylation sites is 2. The van der Waals surface area contributed by atoms with Gasteiger partial charge in [-0.05, 0) is 24.6 Å². The van der Waals surface area contributed by atoms with E-state index in [-0.39, 0.29) is 11.8 Å². The minimum atomic E-state index is -0.0227. The van der Waals surface area contributed by atoms with E-state index in [1.165, 1.54) is 0 Å². The zero-order valence-corrected chi connectivity index (χ0v) is 10.9. The summed E-state index contributed by atoms with van der Waals surface area (Å²) >= 11 is 0. The van der Waals surface area contributed by atoms with Gasteiger partial charge in [0.1, 0.15) is 0 Å². The van der Waals surface area contributed by atoms with Crippen LogP contribution in [0.15, 0.2) is 43.0 Å². The minimum Gasteiger partial charge on any atom is -0.330 e. The van der Waals surface area contributed by atoms with Gasteiger partial charge in [0, 0.05) is 18.8 Å². The predicted molar refractivity (Wildman–Crippen MR) is 75.0 cm³/mol. The number of benzene rings is 1. The molecule has 0 radical (unpaired) electrons. The monoisotopic (exact) mass is 258 g/mol. The number of rotatable bonds is 5. The van der Waals surface area contributed by atoms with E-state index in [4.69, 9.17) is 5.73 Å². The molecule has 0 saturated carbocycles. The quantitative estimate of drug-likeness (QED) is 0.858. The fraction of sp³-hybridized carbons (Fsp3) is 0.286. The lowest BCUT2D eigenvalue weighted by Gasteiger charge is -2.13. The molecule has 1 heterocycles. The van der Waals surface area contributed by atoms with Gasteiger partial charge in [0.15, 0.2) is 0 Å². The molecule has 0 aliphatic carbocycles. The van der Waals surface area contributed by atoms with E-state index < -0.39 is 0 Å². The number of imidazole rings is 1. The van der Waals surface area contributed by atoms with Crippen molar-refractivity contribution in [2.75, 3.05) is 11.9 Å². The Balaban J connectivity index is 2.15. The summed E-state index contributed by atoms with van der Waals surface area (Å²) in [6.07, 6.45) is 5.67. The molecule has 1 aromatic carbocycles. The molecule has 1 atom stereocenters. The van der Waals surface area contributed by atoms with Gasteiger partial charge in [0.05, 0.1) is 17.7 Å². The first-order valence-corrected chi connectivity index (χ1v) is 6.28. The SMILES string of the molecule is CC(CN)CC(=O)Nc1ccccc1-n1ccnc1. The Kier molecular flexibility index (Phi) is 4.30. The highest BCUT2D eigenvalue weighted by atomic mass is 16.1. The lowest BCUT2D eigenvalue weighted by Crippen LogP contribution is -2.20. The standard InChI is InChI=1S/C14H18N4O/c1-11(9-15)8-14(19)17-12-4-2-3-5-13(12)18-7-6-16-10-18/h2-7,10-11H,8-9,15H2,1H3,(H,17,19). The fourth-order valence-electron chi connectivity index (χ4n) is 1.81. The summed E-state index contributed by atoms with van der Waals surface area (Å²) in [5.41, 5.74) is 7.20. The molecule has 100 valence electrons. The molecule has 1 aromatic heterocycles. The maximum absolute atomic E-state index is 11.9. The summed E-state index contributed by atoms with van der Waals surface area (Å²) in [5.74, 6) is 0.158. The summed E-state index contributed by atoms with van der Waals surface area (Å²) in [4.78, 5) is 15.9. The van der Waals surface area contributed by atoms with Crippen molar-refractivity contribution in [3.8, 4) is 5.69 Å². The normalized spacial score (nSPS) is 12.1. The van der Waals surface area contributed by atoms with Gasteiger partial charge >= 0.3 is 0 Å². The Morgan fingerprint density at radius 2 is 2.26 bits per heavy atom. The summed E-state index contributed by atoms with van der Waals surface area (Å²) in [5, 5.41) is 2.92. The molecule has 5 heteroatoms. The van der Waals surface area contributed by atoms with Crippen molar-refractivity contribution in [3.05, 3.63) is 43.0 Å². The number of hydrogen-bond acceptors (Lipinski definition) is 3. The minimum absolute atomic E-state index is 0.0227. The molecule has 0 aliphatic rings. The van der Waals surface area contributed by atoms with Crippen molar-refractivity contribution in [2.45, 2.75) is 13.3 Å². The average molecular weight is 258 g/mol. The Labute approximate surface area is 112 Å². The Bertz CT molecular complexity index is 536. The van der Waals surface area contributed by atoms with Gasteiger partial charge in [-0.15, -0.1) is 0 Å². The number of nitrogens with one attached hydrogen (secondary N) is 1. The zero-order chi connectivity index (χ0) is 13.7. The van der Waals surface area contributed by atoms with E-state index in [0.717, 1.165) is 11.4 Å². The highest BCUT2D eigenvalue weighted by Crippen LogP contribution is 2.20. The molecular weight excluding hydrogens is 240 g/mol. The van der Waals surface area contributed by atoms with E-state index in [1.807, 2.05) is 42.0 Å². The first kappa shape index (κ1) is 13.3. The molecule has 2 rings (SSSR count). The molecule has 0 spiro atoms. The van der Waals surface area contributed by atoms with E-state index in [1.54, 1.807) is 12.5 Å². The van der Waals surface area contributed by atoms with Crippen molar-refractivity contribution < 1.29 is 4.79 Å². The van der Waals surface area contributed by atoms with Crippen molar-refractivity contribution in [2.24, 2.45) is 11.7 Å². The first-order valence-electron chi connectivity index (χ1n) is 6.28. The molecule has 1 unspecified atom stereocenters. The van der Waals surface area contributed by atoms with Crippen LogP contribution in [0.2, 0.25) is 0 Å². The molecule has 19 heavy (non-hydrogen) atoms. The lowest BCUT2D eigenvalue weighted by atomic mass is 10.1. The number of anilines is 1. The fourth-order valence-corrected chi connectivity index (χ4v) is 1.81. The number of aromatic nitrogens is 2. The molecule has 5 nitrogen and oxygen atoms in total. The number of carbonyl (C=O) groups is 1. The van der Waals surface area contributed by atoms with Gasteiger partial charge < -0.3 is 15.6 Å². The number of hydrogen-bond donors (Lipinski definition) is 2. The zero-order valence-electron chi connectivity index (χ0n) is 10.9. The molecule has 0 fully saturated rings. The van der Waals surface area contributed by atoms with Crippen LogP contribution in [0.1, 0.15) is 13.3 Å². The molecule has 2 aromatic rings. The maximum Gasteiger partial charge on any atom is 0.224 e. The lowest BCUT2D eigenvalue weighted by molar-refractivity contribution is -0.116. The van der Waals surface area contributed by atoms with Crippen LogP contribution in [0.5, 0.6) is 0 Å². The van der Waals surface area contributed by atoms with Gasteiger partial charge in [-0.2, -0.15) is 0 Å². The molecule has 0 bridgehead atoms. The van der Waals surface area contributed by atoms with Gasteiger partial charge in [0.2, 0.25) is 5.91 Å². The highest BCUT2D eigenvalue weighted by molar-refractivity contribution is 5.92. The van der Waals surface area contributed by atoms with Gasteiger partial charge in [0.25, 0.3) is 0 Å². The summed E-state index contributed by atoms with van der Waals surface area (Å²) < 4.78 is 1.86. The third-order valence-electron chi connectivity index (χ3n) is 2.90. The van der Waals surface area contributed by atoms with E-state index in [0.29, 0.717) is 13.0 Å². The highest BCUT2D eigenvalue weighted by Gasteiger charge is 2.10. The van der Waals surface area contributed by atoms with Gasteiger partial charge in [-0.25, -0.2) is 4.98 Å². The van der Waals surface area contributed by atoms with E-state index in [9.17, 15) is 4.79 Å². The van der Waals surface area contributed by atoms with Crippen LogP contribution < -0.4 is 11.1 Å². The summed E-state index contributed by atoms with van der Waals surface area (Å²) in [6, 6.07) is 7.62. The second-order valence-electron chi connectivity index (χ2n) is 4.58. The average Bonchev–Trinajstić information content (AvgIpc) is 2.93. The second-order valence-corrected chi connectivity index (χ2v) is 4.58. The molecule has 0 saturated heterocycles. The molecular formula is C14H18N4O. The predicted octanol–water partition coefficient (Wildman–Crippen LogP) is 1.80. The van der Waals surface area contributed by atoms with Crippen molar-refractivity contribution >= 4 is 11.6 Å². The largest absolute Gasteiger partial charge is 0.330 e. The van der Waals surface area contributed by atoms with Crippen molar-refractivity contribution in [3.63, 3.8) is 0 Å². The topological polar surface area (TPSA) is 72.9 Å². The summed E-state index contributed by atoms with van der Waals surface area (Å²) in [6.45, 7) is 2.47. The van der Waals surface area contributed by atoms with Crippen LogP contribution in [-0.2, 0) is 4.79 Å². The Morgan fingerprint density at radius 3 is 2.95 bits per heavy atom. The Morgan fingerprint density at radius 1 is 1.47 bits per heavy atom. The van der Waals surface area contributed by atoms with E-state index in [2.05, 4.69) is 10.3 Å². The van der Waals surface area contributed by atoms with Gasteiger partial charge in [-0.1, -0.05) is 19.1 Å². The molecule has 3 N–H and O–H groups in total. The third-order valence-corrected chi connectivity index (χ3v) is 2.90. The van der Waals surface area contributed by atoms with Crippen LogP contribution >= 0.6 is 0 Å². The third kappa shape index (κ3) is 3.42.